The zero-order chi connectivity index (χ0) is 24.5. The predicted octanol–water partition coefficient (Wildman–Crippen LogP) is 7.03. The van der Waals surface area contributed by atoms with Crippen LogP contribution >= 0.6 is 0 Å². The number of amides is 2. The molecule has 0 unspecified atom stereocenters. The number of carbonyl (C=O) groups is 2. The first kappa shape index (κ1) is 26.2. The van der Waals surface area contributed by atoms with Gasteiger partial charge in [-0.05, 0) is 49.2 Å². The fourth-order valence-electron chi connectivity index (χ4n) is 3.09. The van der Waals surface area contributed by atoms with Gasteiger partial charge in [0.15, 0.2) is 0 Å². The van der Waals surface area contributed by atoms with Gasteiger partial charge in [0.2, 0.25) is 11.8 Å². The van der Waals surface area contributed by atoms with E-state index in [2.05, 4.69) is 10.6 Å². The summed E-state index contributed by atoms with van der Waals surface area (Å²) in [5, 5.41) is 4.89. The fourth-order valence-corrected chi connectivity index (χ4v) is 3.09. The van der Waals surface area contributed by atoms with E-state index in [1.807, 2.05) is 0 Å². The van der Waals surface area contributed by atoms with E-state index in [-0.39, 0.29) is 36.0 Å². The molecule has 2 N–H and O–H groups in total. The van der Waals surface area contributed by atoms with Crippen molar-refractivity contribution in [3.05, 3.63) is 59.7 Å². The van der Waals surface area contributed by atoms with Crippen molar-refractivity contribution < 1.29 is 35.9 Å². The molecule has 0 aliphatic heterocycles. The van der Waals surface area contributed by atoms with Crippen LogP contribution in [0.15, 0.2) is 48.5 Å². The van der Waals surface area contributed by atoms with Crippen LogP contribution in [-0.4, -0.2) is 11.8 Å². The molecular formula is C23H24F6N2O2. The molecule has 0 aliphatic rings. The lowest BCUT2D eigenvalue weighted by molar-refractivity contribution is -0.138. The predicted molar refractivity (Wildman–Crippen MR) is 112 cm³/mol. The monoisotopic (exact) mass is 474 g/mol. The van der Waals surface area contributed by atoms with Crippen molar-refractivity contribution in [2.45, 2.75) is 57.3 Å². The third-order valence-corrected chi connectivity index (χ3v) is 4.75. The normalized spacial score (nSPS) is 11.8. The number of nitrogens with one attached hydrogen (secondary N) is 2. The first-order valence-corrected chi connectivity index (χ1v) is 10.4. The molecule has 0 bridgehead atoms. The average Bonchev–Trinajstić information content (AvgIpc) is 2.72. The second-order valence-electron chi connectivity index (χ2n) is 7.52. The quantitative estimate of drug-likeness (QED) is 0.287. The van der Waals surface area contributed by atoms with Gasteiger partial charge in [0.25, 0.3) is 0 Å². The van der Waals surface area contributed by atoms with Crippen molar-refractivity contribution in [1.29, 1.82) is 0 Å². The van der Waals surface area contributed by atoms with E-state index in [4.69, 9.17) is 0 Å². The molecule has 180 valence electrons. The highest BCUT2D eigenvalue weighted by atomic mass is 19.4. The molecule has 33 heavy (non-hydrogen) atoms. The summed E-state index contributed by atoms with van der Waals surface area (Å²) in [6.07, 6.45) is -5.42. The van der Waals surface area contributed by atoms with Gasteiger partial charge in [0.05, 0.1) is 11.1 Å². The van der Waals surface area contributed by atoms with Gasteiger partial charge in [-0.1, -0.05) is 31.4 Å². The summed E-state index contributed by atoms with van der Waals surface area (Å²) < 4.78 is 76.2. The Morgan fingerprint density at radius 2 is 0.970 bits per heavy atom. The molecule has 2 amide bonds. The summed E-state index contributed by atoms with van der Waals surface area (Å²) in [6.45, 7) is 0. The number of anilines is 2. The van der Waals surface area contributed by atoms with Gasteiger partial charge in [0, 0.05) is 24.2 Å². The van der Waals surface area contributed by atoms with E-state index in [1.54, 1.807) is 0 Å². The second kappa shape index (κ2) is 11.7. The van der Waals surface area contributed by atoms with Crippen LogP contribution in [0.3, 0.4) is 0 Å². The number of halogens is 6. The van der Waals surface area contributed by atoms with Crippen LogP contribution < -0.4 is 10.6 Å². The molecule has 0 aromatic heterocycles. The van der Waals surface area contributed by atoms with E-state index < -0.39 is 23.5 Å². The molecule has 2 aromatic carbocycles. The smallest absolute Gasteiger partial charge is 0.326 e. The van der Waals surface area contributed by atoms with Gasteiger partial charge >= 0.3 is 12.4 Å². The largest absolute Gasteiger partial charge is 0.416 e. The third kappa shape index (κ3) is 9.55. The van der Waals surface area contributed by atoms with Gasteiger partial charge in [0.1, 0.15) is 0 Å². The Hall–Kier alpha value is -3.04. The van der Waals surface area contributed by atoms with Gasteiger partial charge in [-0.3, -0.25) is 9.59 Å². The number of alkyl halides is 6. The minimum absolute atomic E-state index is 0.0848. The number of hydrogen-bond donors (Lipinski definition) is 2. The van der Waals surface area contributed by atoms with Gasteiger partial charge in [-0.15, -0.1) is 0 Å². The third-order valence-electron chi connectivity index (χ3n) is 4.75. The van der Waals surface area contributed by atoms with Crippen LogP contribution in [0.25, 0.3) is 0 Å². The number of carbonyl (C=O) groups excluding carboxylic acids is 2. The summed E-state index contributed by atoms with van der Waals surface area (Å²) >= 11 is 0. The maximum absolute atomic E-state index is 12.7. The number of hydrogen-bond acceptors (Lipinski definition) is 2. The van der Waals surface area contributed by atoms with Gasteiger partial charge in [-0.25, -0.2) is 0 Å². The highest BCUT2D eigenvalue weighted by Crippen LogP contribution is 2.31. The molecular weight excluding hydrogens is 450 g/mol. The van der Waals surface area contributed by atoms with Crippen LogP contribution in [0, 0.1) is 0 Å². The summed E-state index contributed by atoms with van der Waals surface area (Å²) in [6, 6.07) is 8.83. The van der Waals surface area contributed by atoms with Crippen molar-refractivity contribution in [2.24, 2.45) is 0 Å². The molecule has 0 atom stereocenters. The minimum Gasteiger partial charge on any atom is -0.326 e. The van der Waals surface area contributed by atoms with E-state index >= 15 is 0 Å². The SMILES string of the molecule is O=C(CCCCCCCC(=O)Nc1cccc(C(F)(F)F)c1)Nc1cccc(C(F)(F)F)c1. The summed E-state index contributed by atoms with van der Waals surface area (Å²) in [4.78, 5) is 23.8. The van der Waals surface area contributed by atoms with E-state index in [1.165, 1.54) is 24.3 Å². The zero-order valence-corrected chi connectivity index (χ0v) is 17.7. The first-order chi connectivity index (χ1) is 15.4. The molecule has 0 aliphatic carbocycles. The summed E-state index contributed by atoms with van der Waals surface area (Å²) in [5.74, 6) is -0.760. The van der Waals surface area contributed by atoms with Gasteiger partial charge < -0.3 is 10.6 Å². The van der Waals surface area contributed by atoms with E-state index in [9.17, 15) is 35.9 Å². The molecule has 10 heteroatoms. The Morgan fingerprint density at radius 1 is 0.606 bits per heavy atom. The Bertz CT molecular complexity index is 866. The van der Waals surface area contributed by atoms with Gasteiger partial charge in [-0.2, -0.15) is 26.3 Å². The van der Waals surface area contributed by atoms with Crippen molar-refractivity contribution in [3.8, 4) is 0 Å². The molecule has 2 aromatic rings. The Morgan fingerprint density at radius 3 is 1.33 bits per heavy atom. The first-order valence-electron chi connectivity index (χ1n) is 10.4. The van der Waals surface area contributed by atoms with Crippen LogP contribution in [0.2, 0.25) is 0 Å². The highest BCUT2D eigenvalue weighted by molar-refractivity contribution is 5.91. The lowest BCUT2D eigenvalue weighted by atomic mass is 10.1. The van der Waals surface area contributed by atoms with Crippen LogP contribution in [0.1, 0.15) is 56.1 Å². The minimum atomic E-state index is -4.48. The van der Waals surface area contributed by atoms with Crippen LogP contribution in [-0.2, 0) is 21.9 Å². The molecule has 0 saturated carbocycles. The second-order valence-corrected chi connectivity index (χ2v) is 7.52. The van der Waals surface area contributed by atoms with Crippen LogP contribution in [0.4, 0.5) is 37.7 Å². The number of rotatable bonds is 10. The molecule has 0 heterocycles. The maximum Gasteiger partial charge on any atom is 0.416 e. The average molecular weight is 474 g/mol. The van der Waals surface area contributed by atoms with Crippen molar-refractivity contribution >= 4 is 23.2 Å². The highest BCUT2D eigenvalue weighted by Gasteiger charge is 2.31. The number of unbranched alkanes of at least 4 members (excludes halogenated alkanes) is 4. The molecule has 0 fully saturated rings. The summed E-state index contributed by atoms with van der Waals surface area (Å²) in [5.41, 5.74) is -1.50. The van der Waals surface area contributed by atoms with Crippen molar-refractivity contribution in [3.63, 3.8) is 0 Å². The molecule has 2 rings (SSSR count). The molecule has 0 radical (unpaired) electrons. The van der Waals surface area contributed by atoms with E-state index in [0.717, 1.165) is 30.7 Å². The van der Waals surface area contributed by atoms with Crippen molar-refractivity contribution in [2.75, 3.05) is 10.6 Å². The zero-order valence-electron chi connectivity index (χ0n) is 17.7. The maximum atomic E-state index is 12.7. The lowest BCUT2D eigenvalue weighted by Crippen LogP contribution is -2.13. The standard InChI is InChI=1S/C23H24F6N2O2/c24-22(25,26)16-8-6-10-18(14-16)30-20(32)12-4-2-1-3-5-13-21(33)31-19-11-7-9-17(15-19)23(27,28)29/h6-11,14-15H,1-5,12-13H2,(H,30,32)(H,31,33). The Kier molecular flexibility index (Phi) is 9.31. The lowest BCUT2D eigenvalue weighted by Gasteiger charge is -2.10. The Balaban J connectivity index is 1.60. The number of benzene rings is 2. The molecule has 4 nitrogen and oxygen atoms in total. The van der Waals surface area contributed by atoms with Crippen molar-refractivity contribution in [1.82, 2.24) is 0 Å². The van der Waals surface area contributed by atoms with E-state index in [0.29, 0.717) is 25.7 Å². The Labute approximate surface area is 187 Å². The summed E-state index contributed by atoms with van der Waals surface area (Å²) in [7, 11) is 0. The molecule has 0 saturated heterocycles. The van der Waals surface area contributed by atoms with Crippen LogP contribution in [0.5, 0.6) is 0 Å². The topological polar surface area (TPSA) is 58.2 Å². The molecule has 0 spiro atoms. The fraction of sp³-hybridized carbons (Fsp3) is 0.391.